The van der Waals surface area contributed by atoms with Crippen molar-refractivity contribution >= 4 is 161 Å². The first-order chi connectivity index (χ1) is 39.2. The first-order valence-electron chi connectivity index (χ1n) is 27.2. The van der Waals surface area contributed by atoms with E-state index in [0.29, 0.717) is 0 Å². The Hall–Kier alpha value is -10.5. The van der Waals surface area contributed by atoms with E-state index in [4.69, 9.17) is 13.3 Å². The number of furan rings is 3. The van der Waals surface area contributed by atoms with Crippen molar-refractivity contribution in [2.45, 2.75) is 0 Å². The Morgan fingerprint density at radius 3 is 1.49 bits per heavy atom. The first-order valence-corrected chi connectivity index (χ1v) is 27.2. The van der Waals surface area contributed by atoms with Gasteiger partial charge in [0.2, 0.25) is 0 Å². The molecule has 2 aliphatic rings. The Morgan fingerprint density at radius 1 is 0.316 bits per heavy atom. The van der Waals surface area contributed by atoms with Gasteiger partial charge in [0.25, 0.3) is 0 Å². The predicted molar refractivity (Wildman–Crippen MR) is 327 cm³/mol. The van der Waals surface area contributed by atoms with Crippen LogP contribution in [0.15, 0.2) is 244 Å². The summed E-state index contributed by atoms with van der Waals surface area (Å²) in [4.78, 5) is 2.55. The molecule has 0 N–H and O–H groups in total. The molecule has 6 nitrogen and oxygen atoms in total. The third-order valence-electron chi connectivity index (χ3n) is 18.0. The molecule has 0 fully saturated rings. The third-order valence-corrected chi connectivity index (χ3v) is 18.0. The lowest BCUT2D eigenvalue weighted by molar-refractivity contribution is 0.656. The number of para-hydroxylation sites is 5. The van der Waals surface area contributed by atoms with Gasteiger partial charge in [0.15, 0.2) is 11.2 Å². The molecule has 6 aromatic heterocycles. The molecule has 362 valence electrons. The second-order valence-electron chi connectivity index (χ2n) is 21.8. The number of benzene rings is 12. The van der Waals surface area contributed by atoms with Crippen LogP contribution in [0.25, 0.3) is 159 Å². The number of aromatic nitrogens is 2. The van der Waals surface area contributed by atoms with E-state index < -0.39 is 0 Å². The topological polar surface area (TPSA) is 52.0 Å². The van der Waals surface area contributed by atoms with E-state index in [1.165, 1.54) is 82.0 Å². The van der Waals surface area contributed by atoms with E-state index in [1.54, 1.807) is 0 Å². The highest BCUT2D eigenvalue weighted by Gasteiger charge is 2.48. The third kappa shape index (κ3) is 4.97. The summed E-state index contributed by atoms with van der Waals surface area (Å²) in [5.41, 5.74) is 23.2. The van der Waals surface area contributed by atoms with Crippen molar-refractivity contribution in [3.63, 3.8) is 0 Å². The van der Waals surface area contributed by atoms with Crippen LogP contribution < -0.4 is 15.8 Å². The minimum absolute atomic E-state index is 0.329. The molecule has 0 radical (unpaired) electrons. The van der Waals surface area contributed by atoms with Crippen LogP contribution in [0, 0.1) is 0 Å². The van der Waals surface area contributed by atoms with Gasteiger partial charge in [0, 0.05) is 98.2 Å². The van der Waals surface area contributed by atoms with Crippen molar-refractivity contribution in [2.24, 2.45) is 0 Å². The quantitative estimate of drug-likeness (QED) is 0.166. The summed E-state index contributed by atoms with van der Waals surface area (Å²) < 4.78 is 27.2. The predicted octanol–water partition coefficient (Wildman–Crippen LogP) is 18.4. The SMILES string of the molecule is c1ccc(-c2ccc3c(c2)c2cc(-c4ccccc4)cc4c2n3B2c3c(cc5c(oc6ccccc65)c3-4)N(c3c4oc5ccccc5c4cc4c3oc3ccccc34)c3cc4c5ccccc5n5c6ccccc6c(c32)c45)cc1. The maximum Gasteiger partial charge on any atom is 0.333 e. The highest BCUT2D eigenvalue weighted by atomic mass is 16.3. The normalized spacial score (nSPS) is 13.3. The molecule has 18 aromatic rings. The molecule has 0 amide bonds. The van der Waals surface area contributed by atoms with Crippen molar-refractivity contribution in [1.82, 2.24) is 8.88 Å². The Balaban J connectivity index is 1.06. The van der Waals surface area contributed by atoms with E-state index in [1.807, 2.05) is 0 Å². The van der Waals surface area contributed by atoms with Crippen molar-refractivity contribution in [3.05, 3.63) is 231 Å². The van der Waals surface area contributed by atoms with Crippen LogP contribution in [0.3, 0.4) is 0 Å². The second kappa shape index (κ2) is 14.3. The zero-order chi connectivity index (χ0) is 50.9. The fourth-order valence-electron chi connectivity index (χ4n) is 14.8. The first kappa shape index (κ1) is 40.8. The van der Waals surface area contributed by atoms with Gasteiger partial charge in [-0.2, -0.15) is 0 Å². The number of rotatable bonds is 3. The molecular weight excluding hydrogens is 966 g/mol. The summed E-state index contributed by atoms with van der Waals surface area (Å²) in [7, 11) is 0. The highest BCUT2D eigenvalue weighted by molar-refractivity contribution is 6.92. The van der Waals surface area contributed by atoms with Crippen molar-refractivity contribution in [3.8, 4) is 33.4 Å². The molecule has 79 heavy (non-hydrogen) atoms. The van der Waals surface area contributed by atoms with Gasteiger partial charge in [-0.05, 0) is 106 Å². The fraction of sp³-hybridized carbons (Fsp3) is 0. The zero-order valence-corrected chi connectivity index (χ0v) is 42.1. The van der Waals surface area contributed by atoms with Gasteiger partial charge in [-0.15, -0.1) is 0 Å². The van der Waals surface area contributed by atoms with Gasteiger partial charge in [-0.25, -0.2) is 0 Å². The Bertz CT molecular complexity index is 5670. The summed E-state index contributed by atoms with van der Waals surface area (Å²) in [5, 5.41) is 13.6. The Morgan fingerprint density at radius 2 is 0.823 bits per heavy atom. The molecule has 8 heterocycles. The van der Waals surface area contributed by atoms with Crippen LogP contribution in [0.2, 0.25) is 0 Å². The van der Waals surface area contributed by atoms with E-state index in [0.717, 1.165) is 105 Å². The standard InChI is InChI=1S/C72H38BN3O3/c1-3-17-39(18-4-1)41-31-32-57-48(33-41)49-34-42(40-19-5-2-6-20-40)35-54-64-66-59(38-53-46-24-11-14-28-60(46)77-70(53)64)75(69-71-51(44-22-9-15-29-61(44)78-71)36-52-45-23-10-16-30-62(45)79-72(52)69)58-37-50-43-21-7-12-26-55(43)74-56-27-13-8-25-47(56)63(68(50)74)65(58)73(66)76(57)67(49)54/h1-38H. The maximum absolute atomic E-state index is 7.38. The lowest BCUT2D eigenvalue weighted by Gasteiger charge is -2.41. The minimum atomic E-state index is -0.329. The number of hydrogen-bond donors (Lipinski definition) is 0. The average molecular weight is 1000 g/mol. The number of fused-ring (bicyclic) bond motifs is 24. The van der Waals surface area contributed by atoms with E-state index in [2.05, 4.69) is 244 Å². The highest BCUT2D eigenvalue weighted by Crippen LogP contribution is 2.56. The smallest absolute Gasteiger partial charge is 0.333 e. The molecule has 0 saturated carbocycles. The summed E-state index contributed by atoms with van der Waals surface area (Å²) >= 11 is 0. The molecule has 12 aromatic carbocycles. The minimum Gasteiger partial charge on any atom is -0.455 e. The van der Waals surface area contributed by atoms with Crippen LogP contribution in [0.4, 0.5) is 17.1 Å². The van der Waals surface area contributed by atoms with Crippen LogP contribution >= 0.6 is 0 Å². The Kier molecular flexibility index (Phi) is 7.38. The van der Waals surface area contributed by atoms with Crippen molar-refractivity contribution < 1.29 is 13.3 Å². The number of nitrogens with zero attached hydrogens (tertiary/aromatic N) is 3. The molecular formula is C72H38BN3O3. The van der Waals surface area contributed by atoms with Crippen LogP contribution in [-0.4, -0.2) is 15.7 Å². The molecule has 0 aliphatic carbocycles. The summed E-state index contributed by atoms with van der Waals surface area (Å²) in [6.07, 6.45) is 0. The molecule has 0 saturated heterocycles. The summed E-state index contributed by atoms with van der Waals surface area (Å²) in [6, 6.07) is 84.3. The van der Waals surface area contributed by atoms with Crippen LogP contribution in [-0.2, 0) is 0 Å². The van der Waals surface area contributed by atoms with E-state index in [-0.39, 0.29) is 6.85 Å². The molecule has 7 heteroatoms. The lowest BCUT2D eigenvalue weighted by Crippen LogP contribution is -2.57. The van der Waals surface area contributed by atoms with E-state index >= 15 is 0 Å². The molecule has 0 unspecified atom stereocenters. The van der Waals surface area contributed by atoms with Gasteiger partial charge in [-0.1, -0.05) is 158 Å². The van der Waals surface area contributed by atoms with E-state index in [9.17, 15) is 0 Å². The Labute approximate surface area is 449 Å². The van der Waals surface area contributed by atoms with Crippen LogP contribution in [0.1, 0.15) is 0 Å². The maximum atomic E-state index is 7.38. The number of hydrogen-bond acceptors (Lipinski definition) is 4. The van der Waals surface area contributed by atoms with Gasteiger partial charge in [0.1, 0.15) is 28.0 Å². The average Bonchev–Trinajstić information content (AvgIpc) is 3.79. The molecule has 0 atom stereocenters. The zero-order valence-electron chi connectivity index (χ0n) is 42.1. The monoisotopic (exact) mass is 1000 g/mol. The molecule has 20 rings (SSSR count). The lowest BCUT2D eigenvalue weighted by atomic mass is 9.44. The molecule has 0 bridgehead atoms. The molecule has 0 spiro atoms. The van der Waals surface area contributed by atoms with Gasteiger partial charge < -0.3 is 27.0 Å². The second-order valence-corrected chi connectivity index (χ2v) is 21.8. The molecule has 2 aliphatic heterocycles. The summed E-state index contributed by atoms with van der Waals surface area (Å²) in [5.74, 6) is 0. The van der Waals surface area contributed by atoms with Gasteiger partial charge in [0.05, 0.1) is 16.6 Å². The van der Waals surface area contributed by atoms with Crippen molar-refractivity contribution in [1.29, 1.82) is 0 Å². The van der Waals surface area contributed by atoms with Gasteiger partial charge in [-0.3, -0.25) is 0 Å². The number of anilines is 3. The van der Waals surface area contributed by atoms with Gasteiger partial charge >= 0.3 is 6.85 Å². The van der Waals surface area contributed by atoms with Crippen molar-refractivity contribution in [2.75, 3.05) is 4.90 Å². The van der Waals surface area contributed by atoms with Crippen LogP contribution in [0.5, 0.6) is 0 Å². The summed E-state index contributed by atoms with van der Waals surface area (Å²) in [6.45, 7) is -0.329. The largest absolute Gasteiger partial charge is 0.455 e. The fourth-order valence-corrected chi connectivity index (χ4v) is 14.8.